The van der Waals surface area contributed by atoms with Crippen LogP contribution in [0.5, 0.6) is 0 Å². The fourth-order valence-corrected chi connectivity index (χ4v) is 2.04. The van der Waals surface area contributed by atoms with Crippen LogP contribution in [0.4, 0.5) is 0 Å². The average molecular weight is 301 g/mol. The molecule has 12 heavy (non-hydrogen) atoms. The van der Waals surface area contributed by atoms with E-state index in [0.717, 1.165) is 21.9 Å². The van der Waals surface area contributed by atoms with Crippen molar-refractivity contribution in [1.82, 2.24) is 4.98 Å². The van der Waals surface area contributed by atoms with E-state index in [0.29, 0.717) is 12.3 Å². The van der Waals surface area contributed by atoms with Crippen LogP contribution >= 0.6 is 11.3 Å². The molecule has 0 radical (unpaired) electrons. The smallest absolute Gasteiger partial charge is 1.00 e. The Kier molecular flexibility index (Phi) is 5.88. The molecule has 1 aromatic heterocycles. The molecule has 62 valence electrons. The zero-order valence-corrected chi connectivity index (χ0v) is 11.9. The van der Waals surface area contributed by atoms with Crippen molar-refractivity contribution in [3.8, 4) is 0 Å². The standard InChI is InChI=1S/C6H6NO2S.BrH.Zn/c1-2-9-6(8)5-3-10-4-7-5;;/h3H,2H2,1H3;1H;/q;;+1/p-1. The monoisotopic (exact) mass is 299 g/mol. The summed E-state index contributed by atoms with van der Waals surface area (Å²) in [4.78, 5) is 15.0. The first kappa shape index (κ1) is 12.2. The Balaban J connectivity index is 0.00000121. The summed E-state index contributed by atoms with van der Waals surface area (Å²) in [7, 11) is 0. The van der Waals surface area contributed by atoms with Crippen LogP contribution in [0.15, 0.2) is 5.38 Å². The zero-order valence-electron chi connectivity index (χ0n) is 6.54. The van der Waals surface area contributed by atoms with E-state index in [4.69, 9.17) is 4.74 Å². The number of hydrogen-bond acceptors (Lipinski definition) is 4. The van der Waals surface area contributed by atoms with E-state index in [2.05, 4.69) is 4.98 Å². The molecule has 1 aromatic rings. The number of esters is 1. The molecule has 3 nitrogen and oxygen atoms in total. The van der Waals surface area contributed by atoms with E-state index in [1.54, 1.807) is 12.3 Å². The zero-order chi connectivity index (χ0) is 8.27. The number of carbonyl (C=O) groups is 1. The first-order valence-corrected chi connectivity index (χ1v) is 5.55. The van der Waals surface area contributed by atoms with Gasteiger partial charge in [0.15, 0.2) is 0 Å². The second-order valence-corrected chi connectivity index (χ2v) is 5.27. The molecule has 0 unspecified atom stereocenters. The topological polar surface area (TPSA) is 39.2 Å². The SMILES string of the molecule is CCOC(=O)c1cs[c]([Zn+])n1.[Br-]. The van der Waals surface area contributed by atoms with Crippen LogP contribution in [0.2, 0.25) is 0 Å². The van der Waals surface area contributed by atoms with Gasteiger partial charge in [0.05, 0.1) is 0 Å². The van der Waals surface area contributed by atoms with E-state index >= 15 is 0 Å². The van der Waals surface area contributed by atoms with E-state index in [-0.39, 0.29) is 23.0 Å². The summed E-state index contributed by atoms with van der Waals surface area (Å²) in [5, 5.41) is 1.73. The van der Waals surface area contributed by atoms with Crippen molar-refractivity contribution in [3.63, 3.8) is 0 Å². The van der Waals surface area contributed by atoms with Gasteiger partial charge < -0.3 is 17.0 Å². The number of hydrogen-bond donors (Lipinski definition) is 0. The van der Waals surface area contributed by atoms with Crippen molar-refractivity contribution in [2.24, 2.45) is 0 Å². The van der Waals surface area contributed by atoms with Crippen LogP contribution in [0.25, 0.3) is 0 Å². The minimum absolute atomic E-state index is 0. The summed E-state index contributed by atoms with van der Waals surface area (Å²) in [6, 6.07) is 0. The quantitative estimate of drug-likeness (QED) is 0.448. The molecule has 0 saturated carbocycles. The van der Waals surface area contributed by atoms with Gasteiger partial charge >= 0.3 is 78.3 Å². The molecule has 0 atom stereocenters. The molecule has 0 aliphatic carbocycles. The Labute approximate surface area is 95.0 Å². The van der Waals surface area contributed by atoms with Gasteiger partial charge in [0.2, 0.25) is 0 Å². The van der Waals surface area contributed by atoms with E-state index < -0.39 is 0 Å². The van der Waals surface area contributed by atoms with Gasteiger partial charge in [-0.1, -0.05) is 0 Å². The predicted molar refractivity (Wildman–Crippen MR) is 37.7 cm³/mol. The van der Waals surface area contributed by atoms with Crippen LogP contribution in [0.1, 0.15) is 17.4 Å². The minimum Gasteiger partial charge on any atom is -1.00 e. The van der Waals surface area contributed by atoms with Gasteiger partial charge in [-0.2, -0.15) is 0 Å². The summed E-state index contributed by atoms with van der Waals surface area (Å²) < 4.78 is 5.77. The van der Waals surface area contributed by atoms with Crippen LogP contribution in [0, 0.1) is 0 Å². The minimum atomic E-state index is -0.316. The summed E-state index contributed by atoms with van der Waals surface area (Å²) in [6.07, 6.45) is 0. The number of thiazole rings is 1. The molecule has 6 heteroatoms. The third-order valence-electron chi connectivity index (χ3n) is 1.04. The molecule has 1 rings (SSSR count). The molecule has 0 aliphatic heterocycles. The number of rotatable bonds is 2. The van der Waals surface area contributed by atoms with E-state index in [1.165, 1.54) is 11.3 Å². The first-order chi connectivity index (χ1) is 5.24. The fourth-order valence-electron chi connectivity index (χ4n) is 0.610. The number of carbonyl (C=O) groups excluding carboxylic acids is 1. The maximum atomic E-state index is 11.0. The number of ether oxygens (including phenoxy) is 1. The van der Waals surface area contributed by atoms with E-state index in [9.17, 15) is 4.79 Å². The summed E-state index contributed by atoms with van der Waals surface area (Å²) in [5.74, 6) is -0.316. The van der Waals surface area contributed by atoms with Crippen molar-refractivity contribution >= 4 is 20.9 Å². The van der Waals surface area contributed by atoms with Crippen LogP contribution in [-0.2, 0) is 23.0 Å². The average Bonchev–Trinajstić information content (AvgIpc) is 2.36. The van der Waals surface area contributed by atoms with E-state index in [1.807, 2.05) is 0 Å². The van der Waals surface area contributed by atoms with Crippen molar-refractivity contribution in [2.45, 2.75) is 6.92 Å². The molecule has 0 aromatic carbocycles. The van der Waals surface area contributed by atoms with Crippen LogP contribution < -0.4 is 20.6 Å². The third-order valence-corrected chi connectivity index (χ3v) is 3.12. The molecule has 1 heterocycles. The van der Waals surface area contributed by atoms with Crippen LogP contribution in [0.3, 0.4) is 0 Å². The maximum Gasteiger partial charge on any atom is -1.00 e. The molecular weight excluding hydrogens is 295 g/mol. The Morgan fingerprint density at radius 3 is 2.92 bits per heavy atom. The van der Waals surface area contributed by atoms with Gasteiger partial charge in [0.1, 0.15) is 0 Å². The third kappa shape index (κ3) is 3.29. The maximum absolute atomic E-state index is 11.0. The molecule has 0 amide bonds. The van der Waals surface area contributed by atoms with Gasteiger partial charge in [-0.3, -0.25) is 0 Å². The van der Waals surface area contributed by atoms with Crippen LogP contribution in [-0.4, -0.2) is 17.6 Å². The second kappa shape index (κ2) is 5.78. The van der Waals surface area contributed by atoms with Gasteiger partial charge in [-0.05, 0) is 0 Å². The van der Waals surface area contributed by atoms with Gasteiger partial charge in [-0.15, -0.1) is 0 Å². The Morgan fingerprint density at radius 2 is 2.50 bits per heavy atom. The summed E-state index contributed by atoms with van der Waals surface area (Å²) >= 11 is 2.49. The summed E-state index contributed by atoms with van der Waals surface area (Å²) in [5.41, 5.74) is 0.443. The normalized spacial score (nSPS) is 8.92. The summed E-state index contributed by atoms with van der Waals surface area (Å²) in [6.45, 7) is 2.19. The molecule has 0 bridgehead atoms. The molecule has 0 spiro atoms. The van der Waals surface area contributed by atoms with Crippen molar-refractivity contribution in [3.05, 3.63) is 11.1 Å². The van der Waals surface area contributed by atoms with Gasteiger partial charge in [0, 0.05) is 0 Å². The largest absolute Gasteiger partial charge is 1.00 e. The van der Waals surface area contributed by atoms with Gasteiger partial charge in [-0.25, -0.2) is 0 Å². The second-order valence-electron chi connectivity index (χ2n) is 1.85. The Morgan fingerprint density at radius 1 is 1.83 bits per heavy atom. The van der Waals surface area contributed by atoms with Crippen molar-refractivity contribution in [1.29, 1.82) is 0 Å². The first-order valence-electron chi connectivity index (χ1n) is 3.18. The predicted octanol–water partition coefficient (Wildman–Crippen LogP) is -2.50. The molecular formula is C6H6BrNO2SZn. The van der Waals surface area contributed by atoms with Gasteiger partial charge in [0.25, 0.3) is 0 Å². The Hall–Kier alpha value is 0.203. The van der Waals surface area contributed by atoms with Crippen molar-refractivity contribution in [2.75, 3.05) is 6.61 Å². The number of nitrogens with zero attached hydrogens (tertiary/aromatic N) is 1. The molecule has 0 fully saturated rings. The molecule has 0 saturated heterocycles. The molecule has 0 N–H and O–H groups in total. The number of halogens is 1. The van der Waals surface area contributed by atoms with Crippen molar-refractivity contribution < 1.29 is 44.8 Å². The molecule has 0 aliphatic rings. The Bertz CT molecular complexity index is 266. The fraction of sp³-hybridized carbons (Fsp3) is 0.333. The number of aromatic nitrogens is 1.